The van der Waals surface area contributed by atoms with Gasteiger partial charge in [-0.2, -0.15) is 0 Å². The summed E-state index contributed by atoms with van der Waals surface area (Å²) in [5.41, 5.74) is -1.08. The topological polar surface area (TPSA) is 192 Å². The van der Waals surface area contributed by atoms with Gasteiger partial charge < -0.3 is 30.5 Å². The monoisotopic (exact) mass is 343 g/mol. The molecule has 12 nitrogen and oxygen atoms in total. The van der Waals surface area contributed by atoms with Crippen molar-refractivity contribution in [3.05, 3.63) is 22.2 Å². The first-order valence-corrected chi connectivity index (χ1v) is 6.61. The van der Waals surface area contributed by atoms with Crippen LogP contribution in [-0.2, 0) is 4.79 Å². The number of hydrogen-bond donors (Lipinski definition) is 5. The van der Waals surface area contributed by atoms with Crippen LogP contribution in [-0.4, -0.2) is 72.9 Å². The van der Waals surface area contributed by atoms with E-state index in [1.54, 1.807) is 0 Å². The summed E-state index contributed by atoms with van der Waals surface area (Å²) >= 11 is 0. The summed E-state index contributed by atoms with van der Waals surface area (Å²) in [6.45, 7) is -0.878. The van der Waals surface area contributed by atoms with Crippen molar-refractivity contribution in [3.8, 4) is 0 Å². The number of aliphatic hydroxyl groups is 4. The number of aldehydes is 1. The van der Waals surface area contributed by atoms with Crippen molar-refractivity contribution in [2.75, 3.05) is 11.9 Å². The molecule has 0 saturated carbocycles. The molecular weight excluding hydrogens is 328 g/mol. The van der Waals surface area contributed by atoms with Crippen molar-refractivity contribution >= 4 is 28.7 Å². The predicted octanol–water partition coefficient (Wildman–Crippen LogP) is -1.81. The molecular formula is C12H14N4O8. The van der Waals surface area contributed by atoms with Crippen LogP contribution in [0.3, 0.4) is 0 Å². The molecule has 0 amide bonds. The van der Waals surface area contributed by atoms with Crippen LogP contribution in [0.4, 0.5) is 11.4 Å². The highest BCUT2D eigenvalue weighted by Crippen LogP contribution is 2.29. The van der Waals surface area contributed by atoms with Crippen LogP contribution in [0.25, 0.3) is 11.0 Å². The molecule has 1 aromatic carbocycles. The van der Waals surface area contributed by atoms with E-state index < -0.39 is 41.6 Å². The third-order valence-electron chi connectivity index (χ3n) is 3.28. The van der Waals surface area contributed by atoms with Gasteiger partial charge in [0.1, 0.15) is 30.6 Å². The van der Waals surface area contributed by atoms with Gasteiger partial charge in [-0.25, -0.2) is 4.63 Å². The molecule has 0 saturated heterocycles. The number of nitrogens with zero attached hydrogens (tertiary/aromatic N) is 3. The Bertz CT molecular complexity index is 771. The second-order valence-corrected chi connectivity index (χ2v) is 4.81. The zero-order chi connectivity index (χ0) is 18.7. The van der Waals surface area contributed by atoms with Crippen LogP contribution >= 0.6 is 0 Å². The van der Waals surface area contributed by atoms with Gasteiger partial charge in [-0.05, 0) is 16.4 Å². The molecule has 1 aromatic heterocycles. The highest BCUT2D eigenvalue weighted by atomic mass is 16.6. The summed E-state index contributed by atoms with van der Waals surface area (Å²) in [6, 6.07) is 0.421. The molecule has 0 unspecified atom stereocenters. The molecule has 0 spiro atoms. The smallest absolute Gasteiger partial charge is 0.300 e. The fourth-order valence-electron chi connectivity index (χ4n) is 1.98. The number of aromatic nitrogens is 2. The SMILES string of the molecule is [2H]N(c1ccc([N+](=O)[O-])c2nonc12)[C@@H](C=O)[C@@H](O)[C@H](O)[C@H](O)CO. The van der Waals surface area contributed by atoms with Crippen molar-refractivity contribution in [1.29, 1.82) is 0 Å². The Morgan fingerprint density at radius 1 is 1.33 bits per heavy atom. The summed E-state index contributed by atoms with van der Waals surface area (Å²) in [4.78, 5) is 21.5. The molecule has 0 aliphatic heterocycles. The predicted molar refractivity (Wildman–Crippen MR) is 77.0 cm³/mol. The average Bonchev–Trinajstić information content (AvgIpc) is 3.09. The molecule has 0 fully saturated rings. The van der Waals surface area contributed by atoms with Gasteiger partial charge in [0.05, 0.1) is 17.2 Å². The molecule has 2 aromatic rings. The maximum atomic E-state index is 11.3. The third-order valence-corrected chi connectivity index (χ3v) is 3.28. The summed E-state index contributed by atoms with van der Waals surface area (Å²) in [6.07, 6.45) is -5.47. The van der Waals surface area contributed by atoms with Gasteiger partial charge in [-0.15, -0.1) is 0 Å². The normalized spacial score (nSPS) is 16.9. The first-order chi connectivity index (χ1) is 11.8. The maximum absolute atomic E-state index is 11.3. The minimum atomic E-state index is -1.94. The van der Waals surface area contributed by atoms with Gasteiger partial charge in [0.15, 0.2) is 6.93 Å². The van der Waals surface area contributed by atoms with Crippen molar-refractivity contribution in [1.82, 2.24) is 10.3 Å². The lowest BCUT2D eigenvalue weighted by atomic mass is 10.0. The standard InChI is InChI=1S/C12H14N4O8/c17-3-6(11(20)12(21)8(19)4-18)13-5-1-2-7(16(22)23)10-9(5)14-24-15-10/h1-3,6,8,11-13,18-21H,4H2/t6-,8+,11+,12+/m0/s1/i/hD. The molecule has 5 N–H and O–H groups in total. The van der Waals surface area contributed by atoms with Gasteiger partial charge in [-0.3, -0.25) is 10.1 Å². The van der Waals surface area contributed by atoms with Gasteiger partial charge >= 0.3 is 5.69 Å². The van der Waals surface area contributed by atoms with Gasteiger partial charge in [0, 0.05) is 6.07 Å². The minimum Gasteiger partial charge on any atom is -0.394 e. The number of non-ortho nitro benzene ring substituents is 1. The van der Waals surface area contributed by atoms with Crippen LogP contribution in [0.5, 0.6) is 0 Å². The number of carbonyl (C=O) groups excluding carboxylic acids is 1. The average molecular weight is 343 g/mol. The van der Waals surface area contributed by atoms with E-state index in [4.69, 9.17) is 6.52 Å². The summed E-state index contributed by atoms with van der Waals surface area (Å²) < 4.78 is 12.4. The minimum absolute atomic E-state index is 0.131. The fraction of sp³-hybridized carbons (Fsp3) is 0.417. The summed E-state index contributed by atoms with van der Waals surface area (Å²) in [7, 11) is 0. The van der Waals surface area contributed by atoms with E-state index in [2.05, 4.69) is 14.9 Å². The first kappa shape index (κ1) is 16.2. The van der Waals surface area contributed by atoms with E-state index in [1.807, 2.05) is 0 Å². The maximum Gasteiger partial charge on any atom is 0.300 e. The van der Waals surface area contributed by atoms with Gasteiger partial charge in [0.25, 0.3) is 0 Å². The number of aliphatic hydroxyl groups excluding tert-OH is 4. The number of rotatable bonds is 8. The lowest BCUT2D eigenvalue weighted by Gasteiger charge is -2.26. The lowest BCUT2D eigenvalue weighted by Crippen LogP contribution is -2.49. The number of nitro benzene ring substituents is 1. The molecule has 24 heavy (non-hydrogen) atoms. The summed E-state index contributed by atoms with van der Waals surface area (Å²) in [5, 5.41) is 56.1. The molecule has 4 atom stereocenters. The zero-order valence-corrected chi connectivity index (χ0v) is 12.0. The number of carbonyl (C=O) groups is 1. The molecule has 0 aliphatic carbocycles. The number of nitrogens with one attached hydrogen (secondary N) is 1. The molecule has 2 rings (SSSR count). The lowest BCUT2D eigenvalue weighted by molar-refractivity contribution is -0.383. The number of benzene rings is 1. The van der Waals surface area contributed by atoms with Crippen LogP contribution in [0.2, 0.25) is 1.41 Å². The van der Waals surface area contributed by atoms with Crippen LogP contribution in [0.15, 0.2) is 16.8 Å². The fourth-order valence-corrected chi connectivity index (χ4v) is 1.98. The van der Waals surface area contributed by atoms with E-state index in [0.29, 0.717) is 5.31 Å². The third kappa shape index (κ3) is 3.30. The molecule has 0 aliphatic rings. The van der Waals surface area contributed by atoms with Crippen molar-refractivity contribution in [2.24, 2.45) is 0 Å². The second-order valence-electron chi connectivity index (χ2n) is 4.81. The van der Waals surface area contributed by atoms with Crippen LogP contribution in [0, 0.1) is 10.1 Å². The zero-order valence-electron chi connectivity index (χ0n) is 13.0. The Morgan fingerprint density at radius 3 is 2.58 bits per heavy atom. The van der Waals surface area contributed by atoms with Crippen LogP contribution < -0.4 is 5.31 Å². The number of anilines is 1. The Morgan fingerprint density at radius 2 is 2.00 bits per heavy atom. The number of nitro groups is 1. The van der Waals surface area contributed by atoms with Gasteiger partial charge in [-0.1, -0.05) is 0 Å². The molecule has 12 heteroatoms. The Balaban J connectivity index is 2.41. The highest BCUT2D eigenvalue weighted by molar-refractivity contribution is 5.94. The first-order valence-electron chi connectivity index (χ1n) is 7.06. The molecule has 1 heterocycles. The van der Waals surface area contributed by atoms with Crippen molar-refractivity contribution in [3.63, 3.8) is 0 Å². The van der Waals surface area contributed by atoms with E-state index in [9.17, 15) is 30.2 Å². The van der Waals surface area contributed by atoms with Gasteiger partial charge in [0.2, 0.25) is 5.52 Å². The number of fused-ring (bicyclic) bond motifs is 1. The summed E-state index contributed by atoms with van der Waals surface area (Å²) in [5.74, 6) is 0. The Hall–Kier alpha value is -2.67. The molecule has 130 valence electrons. The second kappa shape index (κ2) is 7.27. The van der Waals surface area contributed by atoms with E-state index in [-0.39, 0.29) is 23.0 Å². The van der Waals surface area contributed by atoms with Crippen molar-refractivity contribution < 1.29 is 36.2 Å². The molecule has 0 bridgehead atoms. The Labute approximate surface area is 134 Å². The highest BCUT2D eigenvalue weighted by Gasteiger charge is 2.32. The quantitative estimate of drug-likeness (QED) is 0.206. The van der Waals surface area contributed by atoms with E-state index in [1.165, 1.54) is 0 Å². The van der Waals surface area contributed by atoms with Crippen LogP contribution in [0.1, 0.15) is 0 Å². The van der Waals surface area contributed by atoms with Crippen molar-refractivity contribution in [2.45, 2.75) is 24.4 Å². The largest absolute Gasteiger partial charge is 0.394 e. The Kier molecular flexibility index (Phi) is 4.90. The van der Waals surface area contributed by atoms with E-state index >= 15 is 0 Å². The number of hydrogen-bond acceptors (Lipinski definition) is 11. The van der Waals surface area contributed by atoms with E-state index in [0.717, 1.165) is 12.1 Å². The molecule has 0 radical (unpaired) electrons.